The van der Waals surface area contributed by atoms with Gasteiger partial charge in [-0.25, -0.2) is 4.98 Å². The van der Waals surface area contributed by atoms with Gasteiger partial charge in [-0.05, 0) is 21.0 Å². The van der Waals surface area contributed by atoms with Crippen molar-refractivity contribution in [2.45, 2.75) is 13.0 Å². The van der Waals surface area contributed by atoms with Crippen molar-refractivity contribution >= 4 is 5.97 Å². The Labute approximate surface area is 118 Å². The molecule has 0 aliphatic carbocycles. The van der Waals surface area contributed by atoms with Gasteiger partial charge in [-0.3, -0.25) is 9.69 Å². The largest absolute Gasteiger partial charge is 0.480 e. The summed E-state index contributed by atoms with van der Waals surface area (Å²) in [6.45, 7) is 1.90. The van der Waals surface area contributed by atoms with Crippen LogP contribution in [0, 0.1) is 6.92 Å². The molecule has 1 aromatic carbocycles. The zero-order chi connectivity index (χ0) is 14.9. The lowest BCUT2D eigenvalue weighted by Gasteiger charge is -2.18. The summed E-state index contributed by atoms with van der Waals surface area (Å²) in [6.07, 6.45) is 0. The minimum Gasteiger partial charge on any atom is -0.480 e. The van der Waals surface area contributed by atoms with Crippen molar-refractivity contribution in [3.8, 4) is 11.4 Å². The van der Waals surface area contributed by atoms with Gasteiger partial charge in [0.15, 0.2) is 6.04 Å². The molecule has 0 amide bonds. The minimum absolute atomic E-state index is 0.587. The van der Waals surface area contributed by atoms with Crippen LogP contribution in [0.4, 0.5) is 0 Å². The maximum atomic E-state index is 11.5. The maximum Gasteiger partial charge on any atom is 0.327 e. The molecule has 1 aromatic heterocycles. The van der Waals surface area contributed by atoms with Crippen LogP contribution in [0.2, 0.25) is 0 Å². The van der Waals surface area contributed by atoms with E-state index in [0.29, 0.717) is 5.69 Å². The number of carbonyl (C=O) groups is 1. The SMILES string of the molecule is Cc1c(C(C(=O)O)N(C)C)nc(-c2ccccc2)n1C. The highest BCUT2D eigenvalue weighted by molar-refractivity contribution is 5.75. The van der Waals surface area contributed by atoms with E-state index in [1.54, 1.807) is 19.0 Å². The summed E-state index contributed by atoms with van der Waals surface area (Å²) in [5, 5.41) is 9.40. The number of carboxylic acids is 1. The predicted octanol–water partition coefficient (Wildman–Crippen LogP) is 2.08. The number of likely N-dealkylation sites (N-methyl/N-ethyl adjacent to an activating group) is 1. The molecule has 1 N–H and O–H groups in total. The number of hydrogen-bond donors (Lipinski definition) is 1. The maximum absolute atomic E-state index is 11.5. The van der Waals surface area contributed by atoms with Gasteiger partial charge >= 0.3 is 5.97 Å². The average molecular weight is 273 g/mol. The lowest BCUT2D eigenvalue weighted by atomic mass is 10.1. The molecule has 0 saturated heterocycles. The number of nitrogens with zero attached hydrogens (tertiary/aromatic N) is 3. The molecule has 0 radical (unpaired) electrons. The molecule has 1 unspecified atom stereocenters. The van der Waals surface area contributed by atoms with Crippen molar-refractivity contribution in [1.29, 1.82) is 0 Å². The van der Waals surface area contributed by atoms with Crippen LogP contribution in [0.15, 0.2) is 30.3 Å². The third-order valence-electron chi connectivity index (χ3n) is 3.46. The van der Waals surface area contributed by atoms with E-state index in [-0.39, 0.29) is 0 Å². The number of imidazole rings is 1. The van der Waals surface area contributed by atoms with Crippen molar-refractivity contribution in [2.24, 2.45) is 7.05 Å². The second-order valence-electron chi connectivity index (χ2n) is 5.04. The third kappa shape index (κ3) is 2.44. The Kier molecular flexibility index (Phi) is 3.90. The fourth-order valence-electron chi connectivity index (χ4n) is 2.29. The van der Waals surface area contributed by atoms with Gasteiger partial charge in [0.1, 0.15) is 5.82 Å². The van der Waals surface area contributed by atoms with Gasteiger partial charge in [0.25, 0.3) is 0 Å². The van der Waals surface area contributed by atoms with Gasteiger partial charge in [-0.1, -0.05) is 30.3 Å². The first-order valence-electron chi connectivity index (χ1n) is 6.41. The molecule has 1 atom stereocenters. The second-order valence-corrected chi connectivity index (χ2v) is 5.04. The van der Waals surface area contributed by atoms with Crippen molar-refractivity contribution in [3.05, 3.63) is 41.7 Å². The van der Waals surface area contributed by atoms with E-state index in [9.17, 15) is 9.90 Å². The first-order valence-corrected chi connectivity index (χ1v) is 6.41. The van der Waals surface area contributed by atoms with E-state index in [4.69, 9.17) is 0 Å². The molecular formula is C15H19N3O2. The van der Waals surface area contributed by atoms with Crippen molar-refractivity contribution < 1.29 is 9.90 Å². The lowest BCUT2D eigenvalue weighted by molar-refractivity contribution is -0.142. The van der Waals surface area contributed by atoms with Gasteiger partial charge in [0.05, 0.1) is 5.69 Å². The molecule has 0 aliphatic heterocycles. The van der Waals surface area contributed by atoms with Gasteiger partial charge in [-0.2, -0.15) is 0 Å². The smallest absolute Gasteiger partial charge is 0.327 e. The van der Waals surface area contributed by atoms with Crippen LogP contribution in [-0.2, 0) is 11.8 Å². The zero-order valence-corrected chi connectivity index (χ0v) is 12.2. The normalized spacial score (nSPS) is 12.7. The number of aliphatic carboxylic acids is 1. The predicted molar refractivity (Wildman–Crippen MR) is 77.4 cm³/mol. The monoisotopic (exact) mass is 273 g/mol. The van der Waals surface area contributed by atoms with Crippen LogP contribution in [0.1, 0.15) is 17.4 Å². The van der Waals surface area contributed by atoms with Crippen LogP contribution >= 0.6 is 0 Å². The summed E-state index contributed by atoms with van der Waals surface area (Å²) < 4.78 is 1.93. The van der Waals surface area contributed by atoms with Crippen LogP contribution in [0.5, 0.6) is 0 Å². The van der Waals surface area contributed by atoms with E-state index in [0.717, 1.165) is 17.1 Å². The van der Waals surface area contributed by atoms with Crippen molar-refractivity contribution in [2.75, 3.05) is 14.1 Å². The molecular weight excluding hydrogens is 254 g/mol. The van der Waals surface area contributed by atoms with Crippen LogP contribution in [0.25, 0.3) is 11.4 Å². The molecule has 0 fully saturated rings. The van der Waals surface area contributed by atoms with Gasteiger partial charge in [0, 0.05) is 18.3 Å². The zero-order valence-electron chi connectivity index (χ0n) is 12.2. The number of carboxylic acid groups (broad SMARTS) is 1. The quantitative estimate of drug-likeness (QED) is 0.926. The molecule has 5 heteroatoms. The second kappa shape index (κ2) is 5.46. The average Bonchev–Trinajstić information content (AvgIpc) is 2.68. The third-order valence-corrected chi connectivity index (χ3v) is 3.46. The molecule has 0 bridgehead atoms. The first-order chi connectivity index (χ1) is 9.43. The highest BCUT2D eigenvalue weighted by Crippen LogP contribution is 2.26. The Hall–Kier alpha value is -2.14. The van der Waals surface area contributed by atoms with Crippen LogP contribution in [0.3, 0.4) is 0 Å². The number of aromatic nitrogens is 2. The Morgan fingerprint density at radius 3 is 2.40 bits per heavy atom. The summed E-state index contributed by atoms with van der Waals surface area (Å²) in [5.74, 6) is -0.109. The molecule has 0 saturated carbocycles. The molecule has 1 heterocycles. The molecule has 20 heavy (non-hydrogen) atoms. The molecule has 0 aliphatic rings. The fraction of sp³-hybridized carbons (Fsp3) is 0.333. The highest BCUT2D eigenvalue weighted by atomic mass is 16.4. The molecule has 2 rings (SSSR count). The molecule has 0 spiro atoms. The van der Waals surface area contributed by atoms with Crippen molar-refractivity contribution in [1.82, 2.24) is 14.5 Å². The summed E-state index contributed by atoms with van der Waals surface area (Å²) in [7, 11) is 5.40. The van der Waals surface area contributed by atoms with E-state index in [1.807, 2.05) is 48.9 Å². The Balaban J connectivity index is 2.55. The van der Waals surface area contributed by atoms with E-state index < -0.39 is 12.0 Å². The topological polar surface area (TPSA) is 58.4 Å². The van der Waals surface area contributed by atoms with Gasteiger partial charge in [-0.15, -0.1) is 0 Å². The first kappa shape index (κ1) is 14.3. The van der Waals surface area contributed by atoms with Gasteiger partial charge < -0.3 is 9.67 Å². The standard InChI is InChI=1S/C15H19N3O2/c1-10-12(13(15(19)20)17(2)3)16-14(18(10)4)11-8-6-5-7-9-11/h5-9,13H,1-4H3,(H,19,20). The van der Waals surface area contributed by atoms with Crippen molar-refractivity contribution in [3.63, 3.8) is 0 Å². The van der Waals surface area contributed by atoms with Gasteiger partial charge in [0.2, 0.25) is 0 Å². The Bertz CT molecular complexity index is 618. The van der Waals surface area contributed by atoms with E-state index in [1.165, 1.54) is 0 Å². The Morgan fingerprint density at radius 1 is 1.30 bits per heavy atom. The van der Waals surface area contributed by atoms with E-state index in [2.05, 4.69) is 4.98 Å². The lowest BCUT2D eigenvalue weighted by Crippen LogP contribution is -2.28. The number of benzene rings is 1. The summed E-state index contributed by atoms with van der Waals surface area (Å²) in [5.41, 5.74) is 2.43. The van der Waals surface area contributed by atoms with E-state index >= 15 is 0 Å². The summed E-state index contributed by atoms with van der Waals surface area (Å²) in [4.78, 5) is 17.7. The van der Waals surface area contributed by atoms with Crippen LogP contribution in [-0.4, -0.2) is 39.6 Å². The molecule has 106 valence electrons. The number of rotatable bonds is 4. The number of hydrogen-bond acceptors (Lipinski definition) is 3. The summed E-state index contributed by atoms with van der Waals surface area (Å²) in [6, 6.07) is 9.03. The highest BCUT2D eigenvalue weighted by Gasteiger charge is 2.28. The molecule has 2 aromatic rings. The minimum atomic E-state index is -0.893. The van der Waals surface area contributed by atoms with Crippen LogP contribution < -0.4 is 0 Å². The fourth-order valence-corrected chi connectivity index (χ4v) is 2.29. The summed E-state index contributed by atoms with van der Waals surface area (Å²) >= 11 is 0. The Morgan fingerprint density at radius 2 is 1.90 bits per heavy atom. The molecule has 5 nitrogen and oxygen atoms in total.